The number of hydrogen-bond acceptors (Lipinski definition) is 3. The minimum absolute atomic E-state index is 0.0930. The van der Waals surface area contributed by atoms with Crippen LogP contribution >= 0.6 is 11.6 Å². The molecule has 0 aliphatic rings. The fourth-order valence-corrected chi connectivity index (χ4v) is 1.62. The number of aromatic nitrogens is 1. The van der Waals surface area contributed by atoms with Crippen LogP contribution in [0.2, 0.25) is 5.02 Å². The first-order valence-corrected chi connectivity index (χ1v) is 5.70. The van der Waals surface area contributed by atoms with E-state index in [1.54, 1.807) is 24.3 Å². The van der Waals surface area contributed by atoms with E-state index in [4.69, 9.17) is 27.5 Å². The highest BCUT2D eigenvalue weighted by Gasteiger charge is 2.11. The summed E-state index contributed by atoms with van der Waals surface area (Å²) in [5.74, 6) is 0.680. The second-order valence-corrected chi connectivity index (χ2v) is 4.16. The van der Waals surface area contributed by atoms with Crippen molar-refractivity contribution < 1.29 is 4.74 Å². The molecule has 0 spiro atoms. The average molecular weight is 262 g/mol. The fourth-order valence-electron chi connectivity index (χ4n) is 1.45. The summed E-state index contributed by atoms with van der Waals surface area (Å²) in [5, 5.41) is 7.97. The quantitative estimate of drug-likeness (QED) is 0.659. The average Bonchev–Trinajstić information content (AvgIpc) is 2.32. The van der Waals surface area contributed by atoms with Crippen LogP contribution in [0.5, 0.6) is 11.6 Å². The van der Waals surface area contributed by atoms with Gasteiger partial charge in [-0.2, -0.15) is 0 Å². The van der Waals surface area contributed by atoms with Crippen molar-refractivity contribution in [1.29, 1.82) is 5.41 Å². The van der Waals surface area contributed by atoms with Gasteiger partial charge in [-0.25, -0.2) is 4.98 Å². The second-order valence-electron chi connectivity index (χ2n) is 3.75. The van der Waals surface area contributed by atoms with Gasteiger partial charge in [0.1, 0.15) is 11.6 Å². The van der Waals surface area contributed by atoms with E-state index in [0.29, 0.717) is 16.3 Å². The van der Waals surface area contributed by atoms with Gasteiger partial charge < -0.3 is 10.5 Å². The summed E-state index contributed by atoms with van der Waals surface area (Å²) in [6, 6.07) is 10.6. The highest BCUT2D eigenvalue weighted by atomic mass is 35.5. The molecule has 2 rings (SSSR count). The number of pyridine rings is 1. The molecular formula is C13H12ClN3O. The molecule has 0 amide bonds. The standard InChI is InChI=1S/C13H12ClN3O/c1-8-6-7-9(12(15)16)13(17-8)18-11-5-3-2-4-10(11)14/h2-7H,1H3,(H3,15,16). The molecule has 0 aliphatic carbocycles. The molecule has 0 saturated carbocycles. The lowest BCUT2D eigenvalue weighted by molar-refractivity contribution is 0.460. The highest BCUT2D eigenvalue weighted by Crippen LogP contribution is 2.29. The Hall–Kier alpha value is -2.07. The first kappa shape index (κ1) is 12.4. The van der Waals surface area contributed by atoms with Crippen LogP contribution in [0.3, 0.4) is 0 Å². The van der Waals surface area contributed by atoms with Gasteiger partial charge in [0, 0.05) is 5.69 Å². The predicted octanol–water partition coefficient (Wildman–Crippen LogP) is 3.12. The predicted molar refractivity (Wildman–Crippen MR) is 71.5 cm³/mol. The van der Waals surface area contributed by atoms with Crippen LogP contribution in [-0.4, -0.2) is 10.8 Å². The molecule has 0 fully saturated rings. The van der Waals surface area contributed by atoms with Gasteiger partial charge in [0.2, 0.25) is 5.88 Å². The maximum absolute atomic E-state index is 7.49. The second kappa shape index (κ2) is 5.06. The van der Waals surface area contributed by atoms with Gasteiger partial charge in [-0.3, -0.25) is 5.41 Å². The third kappa shape index (κ3) is 2.60. The maximum Gasteiger partial charge on any atom is 0.230 e. The number of aryl methyl sites for hydroxylation is 1. The molecule has 4 nitrogen and oxygen atoms in total. The smallest absolute Gasteiger partial charge is 0.230 e. The van der Waals surface area contributed by atoms with E-state index in [1.165, 1.54) is 0 Å². The van der Waals surface area contributed by atoms with E-state index in [2.05, 4.69) is 4.98 Å². The number of nitrogens with two attached hydrogens (primary N) is 1. The number of halogens is 1. The van der Waals surface area contributed by atoms with E-state index in [-0.39, 0.29) is 11.7 Å². The summed E-state index contributed by atoms with van der Waals surface area (Å²) in [5.41, 5.74) is 6.71. The Morgan fingerprint density at radius 3 is 2.67 bits per heavy atom. The minimum atomic E-state index is -0.0930. The summed E-state index contributed by atoms with van der Waals surface area (Å²) in [4.78, 5) is 4.23. The molecule has 92 valence electrons. The Morgan fingerprint density at radius 1 is 1.28 bits per heavy atom. The van der Waals surface area contributed by atoms with Crippen molar-refractivity contribution in [2.75, 3.05) is 0 Å². The van der Waals surface area contributed by atoms with Crippen molar-refractivity contribution >= 4 is 17.4 Å². The zero-order valence-electron chi connectivity index (χ0n) is 9.77. The third-order valence-electron chi connectivity index (χ3n) is 2.33. The minimum Gasteiger partial charge on any atom is -0.437 e. The lowest BCUT2D eigenvalue weighted by atomic mass is 10.2. The number of nitrogens with one attached hydrogen (secondary N) is 1. The molecule has 5 heteroatoms. The molecule has 1 aromatic carbocycles. The topological polar surface area (TPSA) is 72.0 Å². The molecule has 1 aromatic heterocycles. The van der Waals surface area contributed by atoms with E-state index in [9.17, 15) is 0 Å². The first-order chi connectivity index (χ1) is 8.58. The van der Waals surface area contributed by atoms with Crippen LogP contribution in [0, 0.1) is 12.3 Å². The SMILES string of the molecule is Cc1ccc(C(=N)N)c(Oc2ccccc2Cl)n1. The number of ether oxygens (including phenoxy) is 1. The van der Waals surface area contributed by atoms with Crippen molar-refractivity contribution in [1.82, 2.24) is 4.98 Å². The molecule has 0 atom stereocenters. The number of rotatable bonds is 3. The lowest BCUT2D eigenvalue weighted by Crippen LogP contribution is -2.13. The van der Waals surface area contributed by atoms with Crippen molar-refractivity contribution in [2.24, 2.45) is 5.73 Å². The van der Waals surface area contributed by atoms with Gasteiger partial charge in [-0.15, -0.1) is 0 Å². The third-order valence-corrected chi connectivity index (χ3v) is 2.65. The monoisotopic (exact) mass is 261 g/mol. The number of amidine groups is 1. The van der Waals surface area contributed by atoms with E-state index >= 15 is 0 Å². The Morgan fingerprint density at radius 2 is 2.00 bits per heavy atom. The maximum atomic E-state index is 7.49. The molecule has 0 saturated heterocycles. The fraction of sp³-hybridized carbons (Fsp3) is 0.0769. The molecule has 3 N–H and O–H groups in total. The first-order valence-electron chi connectivity index (χ1n) is 5.32. The van der Waals surface area contributed by atoms with Gasteiger partial charge in [0.25, 0.3) is 0 Å². The summed E-state index contributed by atoms with van der Waals surface area (Å²) >= 11 is 6.01. The summed E-state index contributed by atoms with van der Waals surface area (Å²) in [6.07, 6.45) is 0. The summed E-state index contributed by atoms with van der Waals surface area (Å²) < 4.78 is 5.62. The van der Waals surface area contributed by atoms with Crippen molar-refractivity contribution in [3.05, 3.63) is 52.7 Å². The van der Waals surface area contributed by atoms with Crippen LogP contribution in [0.1, 0.15) is 11.3 Å². The normalized spacial score (nSPS) is 10.1. The van der Waals surface area contributed by atoms with Crippen LogP contribution in [-0.2, 0) is 0 Å². The van der Waals surface area contributed by atoms with Crippen molar-refractivity contribution in [2.45, 2.75) is 6.92 Å². The zero-order chi connectivity index (χ0) is 13.1. The van der Waals surface area contributed by atoms with Crippen LogP contribution in [0.15, 0.2) is 36.4 Å². The molecule has 0 radical (unpaired) electrons. The largest absolute Gasteiger partial charge is 0.437 e. The number of nitrogen functional groups attached to an aromatic ring is 1. The Labute approximate surface area is 110 Å². The highest BCUT2D eigenvalue weighted by molar-refractivity contribution is 6.32. The van der Waals surface area contributed by atoms with Crippen LogP contribution < -0.4 is 10.5 Å². The van der Waals surface area contributed by atoms with E-state index < -0.39 is 0 Å². The molecular weight excluding hydrogens is 250 g/mol. The Balaban J connectivity index is 2.42. The van der Waals surface area contributed by atoms with Crippen molar-refractivity contribution in [3.63, 3.8) is 0 Å². The molecule has 0 bridgehead atoms. The van der Waals surface area contributed by atoms with Crippen molar-refractivity contribution in [3.8, 4) is 11.6 Å². The van der Waals surface area contributed by atoms with Gasteiger partial charge >= 0.3 is 0 Å². The zero-order valence-corrected chi connectivity index (χ0v) is 10.5. The molecule has 0 unspecified atom stereocenters. The molecule has 2 aromatic rings. The van der Waals surface area contributed by atoms with E-state index in [1.807, 2.05) is 19.1 Å². The number of nitrogens with zero attached hydrogens (tertiary/aromatic N) is 1. The molecule has 18 heavy (non-hydrogen) atoms. The lowest BCUT2D eigenvalue weighted by Gasteiger charge is -2.10. The molecule has 0 aliphatic heterocycles. The van der Waals surface area contributed by atoms with Crippen LogP contribution in [0.25, 0.3) is 0 Å². The number of para-hydroxylation sites is 1. The Bertz CT molecular complexity index is 599. The number of hydrogen-bond donors (Lipinski definition) is 2. The van der Waals surface area contributed by atoms with Gasteiger partial charge in [0.05, 0.1) is 10.6 Å². The summed E-state index contributed by atoms with van der Waals surface area (Å²) in [6.45, 7) is 1.84. The van der Waals surface area contributed by atoms with Gasteiger partial charge in [-0.05, 0) is 31.2 Å². The van der Waals surface area contributed by atoms with Gasteiger partial charge in [0.15, 0.2) is 0 Å². The number of benzene rings is 1. The summed E-state index contributed by atoms with van der Waals surface area (Å²) in [7, 11) is 0. The van der Waals surface area contributed by atoms with Gasteiger partial charge in [-0.1, -0.05) is 23.7 Å². The molecule has 1 heterocycles. The Kier molecular flexibility index (Phi) is 3.48. The van der Waals surface area contributed by atoms with E-state index in [0.717, 1.165) is 5.69 Å². The van der Waals surface area contributed by atoms with Crippen LogP contribution in [0.4, 0.5) is 0 Å².